The predicted molar refractivity (Wildman–Crippen MR) is 81.2 cm³/mol. The van der Waals surface area contributed by atoms with Crippen molar-refractivity contribution in [3.05, 3.63) is 29.8 Å². The lowest BCUT2D eigenvalue weighted by molar-refractivity contribution is -0.136. The van der Waals surface area contributed by atoms with Gasteiger partial charge in [0.1, 0.15) is 0 Å². The normalized spacial score (nSPS) is 21.5. The molecular weight excluding hydrogens is 268 g/mol. The molecule has 1 fully saturated rings. The molecule has 0 bridgehead atoms. The first-order chi connectivity index (χ1) is 9.94. The first kappa shape index (κ1) is 15.5. The summed E-state index contributed by atoms with van der Waals surface area (Å²) in [7, 11) is 0. The van der Waals surface area contributed by atoms with Crippen molar-refractivity contribution in [3.63, 3.8) is 0 Å². The van der Waals surface area contributed by atoms with Crippen LogP contribution in [0.3, 0.4) is 0 Å². The first-order valence-corrected chi connectivity index (χ1v) is 7.27. The molecular formula is C16H22N2O3. The summed E-state index contributed by atoms with van der Waals surface area (Å²) in [4.78, 5) is 23.2. The van der Waals surface area contributed by atoms with Gasteiger partial charge < -0.3 is 15.7 Å². The maximum absolute atomic E-state index is 12.6. The minimum atomic E-state index is -0.859. The number of anilines is 1. The largest absolute Gasteiger partial charge is 0.481 e. The van der Waals surface area contributed by atoms with Crippen LogP contribution in [0.5, 0.6) is 0 Å². The zero-order valence-corrected chi connectivity index (χ0v) is 12.5. The van der Waals surface area contributed by atoms with Gasteiger partial charge in [-0.2, -0.15) is 0 Å². The fraction of sp³-hybridized carbons (Fsp3) is 0.500. The Kier molecular flexibility index (Phi) is 4.63. The zero-order valence-electron chi connectivity index (χ0n) is 12.5. The van der Waals surface area contributed by atoms with Gasteiger partial charge in [-0.1, -0.05) is 26.0 Å². The van der Waals surface area contributed by atoms with E-state index in [0.717, 1.165) is 18.5 Å². The second-order valence-corrected chi connectivity index (χ2v) is 5.96. The van der Waals surface area contributed by atoms with Crippen molar-refractivity contribution in [2.45, 2.75) is 26.7 Å². The molecule has 5 heteroatoms. The molecule has 1 aromatic carbocycles. The topological polar surface area (TPSA) is 78.4 Å². The summed E-state index contributed by atoms with van der Waals surface area (Å²) in [5.74, 6) is -0.560. The molecule has 1 unspecified atom stereocenters. The summed E-state index contributed by atoms with van der Waals surface area (Å²) in [6.45, 7) is 5.71. The molecule has 3 N–H and O–H groups in total. The second kappa shape index (κ2) is 6.26. The number of nitrogens with one attached hydrogen (secondary N) is 2. The quantitative estimate of drug-likeness (QED) is 0.774. The van der Waals surface area contributed by atoms with Crippen LogP contribution >= 0.6 is 0 Å². The lowest BCUT2D eigenvalue weighted by atomic mass is 9.75. The molecule has 0 aromatic heterocycles. The number of hydrogen-bond donors (Lipinski definition) is 3. The maximum atomic E-state index is 12.6. The average Bonchev–Trinajstić information content (AvgIpc) is 2.91. The molecule has 0 saturated carbocycles. The molecule has 2 rings (SSSR count). The Morgan fingerprint density at radius 1 is 1.33 bits per heavy atom. The highest BCUT2D eigenvalue weighted by Gasteiger charge is 2.43. The molecule has 0 spiro atoms. The van der Waals surface area contributed by atoms with E-state index in [1.807, 2.05) is 0 Å². The van der Waals surface area contributed by atoms with Gasteiger partial charge >= 0.3 is 5.97 Å². The Morgan fingerprint density at radius 3 is 2.48 bits per heavy atom. The van der Waals surface area contributed by atoms with Gasteiger partial charge in [-0.05, 0) is 36.6 Å². The second-order valence-electron chi connectivity index (χ2n) is 5.96. The third-order valence-electron chi connectivity index (χ3n) is 4.31. The molecule has 1 amide bonds. The first-order valence-electron chi connectivity index (χ1n) is 7.27. The molecule has 1 atom stereocenters. The van der Waals surface area contributed by atoms with Crippen molar-refractivity contribution in [2.24, 2.45) is 11.3 Å². The van der Waals surface area contributed by atoms with Crippen molar-refractivity contribution in [1.82, 2.24) is 5.32 Å². The van der Waals surface area contributed by atoms with Crippen LogP contribution in [0.15, 0.2) is 24.3 Å². The van der Waals surface area contributed by atoms with Crippen LogP contribution in [0.4, 0.5) is 5.69 Å². The van der Waals surface area contributed by atoms with Gasteiger partial charge in [-0.15, -0.1) is 0 Å². The highest BCUT2D eigenvalue weighted by molar-refractivity contribution is 5.96. The molecule has 1 saturated heterocycles. The van der Waals surface area contributed by atoms with Crippen LogP contribution in [0.1, 0.15) is 25.8 Å². The number of carboxylic acids is 1. The number of carboxylic acid groups (broad SMARTS) is 1. The molecule has 1 aromatic rings. The molecule has 21 heavy (non-hydrogen) atoms. The van der Waals surface area contributed by atoms with Gasteiger partial charge in [0, 0.05) is 12.2 Å². The van der Waals surface area contributed by atoms with Crippen LogP contribution in [0, 0.1) is 11.3 Å². The van der Waals surface area contributed by atoms with Gasteiger partial charge in [0.05, 0.1) is 11.8 Å². The summed E-state index contributed by atoms with van der Waals surface area (Å²) in [5, 5.41) is 15.0. The SMILES string of the molecule is CC(C)C1(C(=O)Nc2ccc(CC(=O)O)cc2)CCNC1. The smallest absolute Gasteiger partial charge is 0.307 e. The average molecular weight is 290 g/mol. The number of benzene rings is 1. The third-order valence-corrected chi connectivity index (χ3v) is 4.31. The summed E-state index contributed by atoms with van der Waals surface area (Å²) in [5.41, 5.74) is 1.07. The highest BCUT2D eigenvalue weighted by Crippen LogP contribution is 2.35. The number of carbonyl (C=O) groups is 2. The lowest BCUT2D eigenvalue weighted by Gasteiger charge is -2.31. The number of aliphatic carboxylic acids is 1. The van der Waals surface area contributed by atoms with E-state index in [2.05, 4.69) is 24.5 Å². The fourth-order valence-corrected chi connectivity index (χ4v) is 2.80. The summed E-state index contributed by atoms with van der Waals surface area (Å²) in [6, 6.07) is 6.98. The van der Waals surface area contributed by atoms with E-state index >= 15 is 0 Å². The Labute approximate surface area is 124 Å². The highest BCUT2D eigenvalue weighted by atomic mass is 16.4. The van der Waals surface area contributed by atoms with Gasteiger partial charge in [-0.3, -0.25) is 9.59 Å². The number of amides is 1. The van der Waals surface area contributed by atoms with Crippen LogP contribution in [-0.2, 0) is 16.0 Å². The van der Waals surface area contributed by atoms with Gasteiger partial charge in [0.15, 0.2) is 0 Å². The molecule has 1 heterocycles. The van der Waals surface area contributed by atoms with E-state index < -0.39 is 5.97 Å². The fourth-order valence-electron chi connectivity index (χ4n) is 2.80. The number of rotatable bonds is 5. The van der Waals surface area contributed by atoms with E-state index in [0.29, 0.717) is 12.2 Å². The number of carbonyl (C=O) groups excluding carboxylic acids is 1. The van der Waals surface area contributed by atoms with Crippen LogP contribution in [0.2, 0.25) is 0 Å². The maximum Gasteiger partial charge on any atom is 0.307 e. The van der Waals surface area contributed by atoms with E-state index in [9.17, 15) is 9.59 Å². The van der Waals surface area contributed by atoms with E-state index in [1.54, 1.807) is 24.3 Å². The van der Waals surface area contributed by atoms with Crippen molar-refractivity contribution >= 4 is 17.6 Å². The Morgan fingerprint density at radius 2 is 2.00 bits per heavy atom. The summed E-state index contributed by atoms with van der Waals surface area (Å²) >= 11 is 0. The molecule has 1 aliphatic heterocycles. The monoisotopic (exact) mass is 290 g/mol. The minimum Gasteiger partial charge on any atom is -0.481 e. The van der Waals surface area contributed by atoms with E-state index in [4.69, 9.17) is 5.11 Å². The van der Waals surface area contributed by atoms with Gasteiger partial charge in [0.2, 0.25) is 5.91 Å². The number of hydrogen-bond acceptors (Lipinski definition) is 3. The summed E-state index contributed by atoms with van der Waals surface area (Å²) in [6.07, 6.45) is 0.835. The molecule has 0 radical (unpaired) electrons. The Balaban J connectivity index is 2.07. The van der Waals surface area contributed by atoms with Crippen LogP contribution in [-0.4, -0.2) is 30.1 Å². The Hall–Kier alpha value is -1.88. The molecule has 1 aliphatic rings. The van der Waals surface area contributed by atoms with Crippen molar-refractivity contribution in [1.29, 1.82) is 0 Å². The minimum absolute atomic E-state index is 0.00587. The predicted octanol–water partition coefficient (Wildman–Crippen LogP) is 1.89. The zero-order chi connectivity index (χ0) is 15.5. The third kappa shape index (κ3) is 3.42. The molecule has 114 valence electrons. The molecule has 0 aliphatic carbocycles. The van der Waals surface area contributed by atoms with E-state index in [1.165, 1.54) is 0 Å². The van der Waals surface area contributed by atoms with Gasteiger partial charge in [0.25, 0.3) is 0 Å². The van der Waals surface area contributed by atoms with E-state index in [-0.39, 0.29) is 23.7 Å². The van der Waals surface area contributed by atoms with Crippen LogP contribution in [0.25, 0.3) is 0 Å². The van der Waals surface area contributed by atoms with Crippen LogP contribution < -0.4 is 10.6 Å². The van der Waals surface area contributed by atoms with Crippen molar-refractivity contribution < 1.29 is 14.7 Å². The lowest BCUT2D eigenvalue weighted by Crippen LogP contribution is -2.42. The van der Waals surface area contributed by atoms with Gasteiger partial charge in [-0.25, -0.2) is 0 Å². The molecule has 5 nitrogen and oxygen atoms in total. The standard InChI is InChI=1S/C16H22N2O3/c1-11(2)16(7-8-17-10-16)15(21)18-13-5-3-12(4-6-13)9-14(19)20/h3-6,11,17H,7-10H2,1-2H3,(H,18,21)(H,19,20). The van der Waals surface area contributed by atoms with Crippen molar-refractivity contribution in [3.8, 4) is 0 Å². The van der Waals surface area contributed by atoms with Crippen molar-refractivity contribution in [2.75, 3.05) is 18.4 Å². The Bertz CT molecular complexity index is 517. The summed E-state index contributed by atoms with van der Waals surface area (Å²) < 4.78 is 0.